The number of unbranched alkanes of at least 4 members (excludes halogenated alkanes) is 2. The Labute approximate surface area is 136 Å². The van der Waals surface area contributed by atoms with E-state index in [9.17, 15) is 9.59 Å². The van der Waals surface area contributed by atoms with E-state index in [1.165, 1.54) is 0 Å². The lowest BCUT2D eigenvalue weighted by molar-refractivity contribution is -0.148. The number of para-hydroxylation sites is 1. The van der Waals surface area contributed by atoms with Crippen LogP contribution >= 0.6 is 0 Å². The summed E-state index contributed by atoms with van der Waals surface area (Å²) in [5.74, 6) is -0.583. The standard InChI is InChI=1S/C18H24N2O3/c1-2-3-6-11-19-17(21)13-23-18(22)10-9-14-12-20-16-8-5-4-7-15(14)16/h4-5,7-8,12,20H,2-3,6,9-11,13H2,1H3,(H,19,21). The van der Waals surface area contributed by atoms with Crippen LogP contribution < -0.4 is 5.32 Å². The summed E-state index contributed by atoms with van der Waals surface area (Å²) in [6.45, 7) is 2.55. The number of aromatic nitrogens is 1. The fourth-order valence-electron chi connectivity index (χ4n) is 2.45. The average Bonchev–Trinajstić information content (AvgIpc) is 2.98. The zero-order valence-electron chi connectivity index (χ0n) is 13.6. The lowest BCUT2D eigenvalue weighted by atomic mass is 10.1. The van der Waals surface area contributed by atoms with Gasteiger partial charge in [-0.2, -0.15) is 0 Å². The number of ether oxygens (including phenoxy) is 1. The Bertz CT molecular complexity index is 649. The molecule has 0 unspecified atom stereocenters. The summed E-state index contributed by atoms with van der Waals surface area (Å²) in [7, 11) is 0. The Kier molecular flexibility index (Phi) is 6.66. The van der Waals surface area contributed by atoms with Crippen molar-refractivity contribution in [2.75, 3.05) is 13.2 Å². The van der Waals surface area contributed by atoms with E-state index in [1.54, 1.807) is 0 Å². The number of H-pyrrole nitrogens is 1. The fraction of sp³-hybridized carbons (Fsp3) is 0.444. The van der Waals surface area contributed by atoms with E-state index >= 15 is 0 Å². The first-order chi connectivity index (χ1) is 11.2. The minimum Gasteiger partial charge on any atom is -0.456 e. The molecular weight excluding hydrogens is 292 g/mol. The van der Waals surface area contributed by atoms with Gasteiger partial charge in [0.05, 0.1) is 0 Å². The van der Waals surface area contributed by atoms with Crippen LogP contribution in [0.2, 0.25) is 0 Å². The van der Waals surface area contributed by atoms with Crippen LogP contribution in [0, 0.1) is 0 Å². The molecule has 0 atom stereocenters. The van der Waals surface area contributed by atoms with Crippen molar-refractivity contribution in [1.82, 2.24) is 10.3 Å². The number of hydrogen-bond donors (Lipinski definition) is 2. The quantitative estimate of drug-likeness (QED) is 0.552. The number of aromatic amines is 1. The van der Waals surface area contributed by atoms with Crippen molar-refractivity contribution in [3.05, 3.63) is 36.0 Å². The van der Waals surface area contributed by atoms with Crippen LogP contribution in [0.1, 0.15) is 38.2 Å². The van der Waals surface area contributed by atoms with Gasteiger partial charge in [0, 0.05) is 30.1 Å². The molecular formula is C18H24N2O3. The van der Waals surface area contributed by atoms with Crippen LogP contribution in [-0.2, 0) is 20.7 Å². The highest BCUT2D eigenvalue weighted by atomic mass is 16.5. The van der Waals surface area contributed by atoms with E-state index in [0.717, 1.165) is 35.7 Å². The van der Waals surface area contributed by atoms with Crippen molar-refractivity contribution in [2.45, 2.75) is 39.0 Å². The lowest BCUT2D eigenvalue weighted by Crippen LogP contribution is -2.29. The Morgan fingerprint density at radius 1 is 1.22 bits per heavy atom. The average molecular weight is 316 g/mol. The second-order valence-corrected chi connectivity index (χ2v) is 5.58. The largest absolute Gasteiger partial charge is 0.456 e. The van der Waals surface area contributed by atoms with E-state index in [4.69, 9.17) is 4.74 Å². The van der Waals surface area contributed by atoms with E-state index in [2.05, 4.69) is 17.2 Å². The van der Waals surface area contributed by atoms with Gasteiger partial charge in [0.2, 0.25) is 0 Å². The Morgan fingerprint density at radius 3 is 2.87 bits per heavy atom. The second-order valence-electron chi connectivity index (χ2n) is 5.58. The number of amides is 1. The summed E-state index contributed by atoms with van der Waals surface area (Å²) in [6, 6.07) is 7.97. The summed E-state index contributed by atoms with van der Waals surface area (Å²) in [4.78, 5) is 26.4. The van der Waals surface area contributed by atoms with Gasteiger partial charge in [-0.3, -0.25) is 9.59 Å². The lowest BCUT2D eigenvalue weighted by Gasteiger charge is -2.06. The fourth-order valence-corrected chi connectivity index (χ4v) is 2.45. The molecule has 0 aliphatic heterocycles. The molecule has 23 heavy (non-hydrogen) atoms. The third-order valence-corrected chi connectivity index (χ3v) is 3.74. The van der Waals surface area contributed by atoms with Crippen LogP contribution in [0.25, 0.3) is 10.9 Å². The van der Waals surface area contributed by atoms with Crippen molar-refractivity contribution < 1.29 is 14.3 Å². The summed E-state index contributed by atoms with van der Waals surface area (Å²) in [5, 5.41) is 3.86. The van der Waals surface area contributed by atoms with E-state index < -0.39 is 0 Å². The van der Waals surface area contributed by atoms with Gasteiger partial charge >= 0.3 is 5.97 Å². The van der Waals surface area contributed by atoms with Crippen LogP contribution in [0.4, 0.5) is 0 Å². The number of aryl methyl sites for hydroxylation is 1. The number of carbonyl (C=O) groups excluding carboxylic acids is 2. The zero-order valence-corrected chi connectivity index (χ0v) is 13.6. The first-order valence-corrected chi connectivity index (χ1v) is 8.18. The van der Waals surface area contributed by atoms with Crippen molar-refractivity contribution in [3.8, 4) is 0 Å². The van der Waals surface area contributed by atoms with Crippen molar-refractivity contribution in [2.24, 2.45) is 0 Å². The van der Waals surface area contributed by atoms with E-state index in [1.807, 2.05) is 30.5 Å². The number of rotatable bonds is 9. The molecule has 1 aromatic heterocycles. The van der Waals surface area contributed by atoms with Gasteiger partial charge < -0.3 is 15.0 Å². The Morgan fingerprint density at radius 2 is 2.04 bits per heavy atom. The minimum atomic E-state index is -0.348. The number of nitrogens with one attached hydrogen (secondary N) is 2. The first kappa shape index (κ1) is 17.1. The second kappa shape index (κ2) is 8.98. The number of fused-ring (bicyclic) bond motifs is 1. The molecule has 0 bridgehead atoms. The molecule has 1 aromatic carbocycles. The predicted octanol–water partition coefficient (Wildman–Crippen LogP) is 2.95. The highest BCUT2D eigenvalue weighted by Gasteiger charge is 2.09. The number of carbonyl (C=O) groups is 2. The maximum Gasteiger partial charge on any atom is 0.306 e. The van der Waals surface area contributed by atoms with Gasteiger partial charge in [-0.25, -0.2) is 0 Å². The monoisotopic (exact) mass is 316 g/mol. The van der Waals surface area contributed by atoms with Gasteiger partial charge in [0.15, 0.2) is 6.61 Å². The topological polar surface area (TPSA) is 71.2 Å². The van der Waals surface area contributed by atoms with Crippen molar-refractivity contribution in [1.29, 1.82) is 0 Å². The molecule has 2 rings (SSSR count). The highest BCUT2D eigenvalue weighted by molar-refractivity contribution is 5.84. The molecule has 0 aliphatic carbocycles. The van der Waals surface area contributed by atoms with Crippen LogP contribution in [0.15, 0.2) is 30.5 Å². The molecule has 2 N–H and O–H groups in total. The van der Waals surface area contributed by atoms with Crippen molar-refractivity contribution in [3.63, 3.8) is 0 Å². The third kappa shape index (κ3) is 5.43. The zero-order chi connectivity index (χ0) is 16.5. The summed E-state index contributed by atoms with van der Waals surface area (Å²) >= 11 is 0. The highest BCUT2D eigenvalue weighted by Crippen LogP contribution is 2.18. The van der Waals surface area contributed by atoms with Crippen LogP contribution in [0.5, 0.6) is 0 Å². The molecule has 0 radical (unpaired) electrons. The summed E-state index contributed by atoms with van der Waals surface area (Å²) in [5.41, 5.74) is 2.14. The van der Waals surface area contributed by atoms with Gasteiger partial charge in [-0.1, -0.05) is 38.0 Å². The SMILES string of the molecule is CCCCCNC(=O)COC(=O)CCc1c[nH]c2ccccc12. The summed E-state index contributed by atoms with van der Waals surface area (Å²) < 4.78 is 5.01. The van der Waals surface area contributed by atoms with E-state index in [-0.39, 0.29) is 24.9 Å². The molecule has 1 heterocycles. The smallest absolute Gasteiger partial charge is 0.306 e. The molecule has 0 fully saturated rings. The van der Waals surface area contributed by atoms with Gasteiger partial charge in [0.1, 0.15) is 0 Å². The Hall–Kier alpha value is -2.30. The maximum atomic E-state index is 11.7. The molecule has 1 amide bonds. The van der Waals surface area contributed by atoms with Crippen molar-refractivity contribution >= 4 is 22.8 Å². The third-order valence-electron chi connectivity index (χ3n) is 3.74. The van der Waals surface area contributed by atoms with E-state index in [0.29, 0.717) is 13.0 Å². The van der Waals surface area contributed by atoms with Crippen LogP contribution in [-0.4, -0.2) is 30.0 Å². The molecule has 2 aromatic rings. The maximum absolute atomic E-state index is 11.7. The van der Waals surface area contributed by atoms with Gasteiger partial charge in [-0.15, -0.1) is 0 Å². The number of hydrogen-bond acceptors (Lipinski definition) is 3. The molecule has 0 aliphatic rings. The molecule has 0 saturated heterocycles. The molecule has 124 valence electrons. The molecule has 5 heteroatoms. The minimum absolute atomic E-state index is 0.196. The summed E-state index contributed by atoms with van der Waals surface area (Å²) in [6.07, 6.45) is 5.93. The van der Waals surface area contributed by atoms with Gasteiger partial charge in [0.25, 0.3) is 5.91 Å². The van der Waals surface area contributed by atoms with Crippen LogP contribution in [0.3, 0.4) is 0 Å². The molecule has 0 spiro atoms. The molecule has 5 nitrogen and oxygen atoms in total. The predicted molar refractivity (Wildman–Crippen MR) is 90.1 cm³/mol. The number of benzene rings is 1. The normalized spacial score (nSPS) is 10.7. The van der Waals surface area contributed by atoms with Gasteiger partial charge in [-0.05, 0) is 24.5 Å². The molecule has 0 saturated carbocycles. The first-order valence-electron chi connectivity index (χ1n) is 8.18. The number of esters is 1. The Balaban J connectivity index is 1.68.